The van der Waals surface area contributed by atoms with Crippen LogP contribution >= 0.6 is 0 Å². The van der Waals surface area contributed by atoms with Gasteiger partial charge in [-0.05, 0) is 31.2 Å². The minimum Gasteiger partial charge on any atom is -0.480 e. The lowest BCUT2D eigenvalue weighted by molar-refractivity contribution is -0.149. The van der Waals surface area contributed by atoms with Crippen molar-refractivity contribution in [3.05, 3.63) is 35.9 Å². The summed E-state index contributed by atoms with van der Waals surface area (Å²) in [7, 11) is 0. The number of benzene rings is 1. The number of hydrogen-bond acceptors (Lipinski definition) is 5. The van der Waals surface area contributed by atoms with Gasteiger partial charge >= 0.3 is 11.9 Å². The Labute approximate surface area is 162 Å². The van der Waals surface area contributed by atoms with E-state index in [1.807, 2.05) is 30.3 Å². The van der Waals surface area contributed by atoms with Crippen LogP contribution in [0, 0.1) is 0 Å². The Hall–Kier alpha value is -2.94. The highest BCUT2D eigenvalue weighted by molar-refractivity contribution is 5.92. The summed E-state index contributed by atoms with van der Waals surface area (Å²) < 4.78 is 0. The molecular formula is C19H25N3O6. The topological polar surface area (TPSA) is 150 Å². The second-order valence-corrected chi connectivity index (χ2v) is 6.82. The van der Waals surface area contributed by atoms with Crippen molar-refractivity contribution >= 4 is 23.8 Å². The van der Waals surface area contributed by atoms with Crippen molar-refractivity contribution in [3.8, 4) is 0 Å². The Morgan fingerprint density at radius 2 is 1.86 bits per heavy atom. The number of carboxylic acids is 2. The number of rotatable bonds is 9. The Morgan fingerprint density at radius 1 is 1.18 bits per heavy atom. The molecule has 2 rings (SSSR count). The summed E-state index contributed by atoms with van der Waals surface area (Å²) in [5.41, 5.74) is 6.73. The second-order valence-electron chi connectivity index (χ2n) is 6.82. The molecule has 0 spiro atoms. The molecule has 0 bridgehead atoms. The van der Waals surface area contributed by atoms with Crippen molar-refractivity contribution in [2.24, 2.45) is 5.73 Å². The molecule has 3 atom stereocenters. The van der Waals surface area contributed by atoms with Gasteiger partial charge in [-0.25, -0.2) is 9.59 Å². The fourth-order valence-corrected chi connectivity index (χ4v) is 3.25. The van der Waals surface area contributed by atoms with Gasteiger partial charge in [-0.3, -0.25) is 9.59 Å². The fourth-order valence-electron chi connectivity index (χ4n) is 3.25. The number of amides is 2. The molecule has 1 aromatic carbocycles. The van der Waals surface area contributed by atoms with Crippen LogP contribution in [0.5, 0.6) is 0 Å². The summed E-state index contributed by atoms with van der Waals surface area (Å²) in [5.74, 6) is -3.55. The van der Waals surface area contributed by atoms with Crippen LogP contribution in [0.1, 0.15) is 31.2 Å². The second kappa shape index (κ2) is 9.84. The summed E-state index contributed by atoms with van der Waals surface area (Å²) in [6.45, 7) is 0.278. The zero-order valence-electron chi connectivity index (χ0n) is 15.4. The molecule has 0 saturated carbocycles. The number of carbonyl (C=O) groups excluding carboxylic acids is 2. The molecule has 0 aromatic heterocycles. The van der Waals surface area contributed by atoms with E-state index in [2.05, 4.69) is 5.32 Å². The largest absolute Gasteiger partial charge is 0.480 e. The normalized spacial score (nSPS) is 18.3. The average Bonchev–Trinajstić information content (AvgIpc) is 3.15. The van der Waals surface area contributed by atoms with Crippen molar-refractivity contribution in [2.75, 3.05) is 6.54 Å². The van der Waals surface area contributed by atoms with Crippen molar-refractivity contribution in [3.63, 3.8) is 0 Å². The number of aliphatic carboxylic acids is 2. The summed E-state index contributed by atoms with van der Waals surface area (Å²) in [4.78, 5) is 48.3. The van der Waals surface area contributed by atoms with Crippen LogP contribution in [0.2, 0.25) is 0 Å². The average molecular weight is 391 g/mol. The number of aryl methyl sites for hydroxylation is 1. The van der Waals surface area contributed by atoms with Crippen LogP contribution in [0.4, 0.5) is 0 Å². The number of likely N-dealkylation sites (tertiary alicyclic amines) is 1. The highest BCUT2D eigenvalue weighted by atomic mass is 16.4. The van der Waals surface area contributed by atoms with Gasteiger partial charge in [0.15, 0.2) is 0 Å². The third-order valence-electron chi connectivity index (χ3n) is 4.74. The standard InChI is InChI=1S/C19H25N3O6/c20-13(17(24)22-10-4-7-15(22)19(27)28)11-16(23)21-14(18(25)26)9-8-12-5-2-1-3-6-12/h1-3,5-6,13-15H,4,7-11,20H2,(H,21,23)(H,25,26)(H,27,28)/t13-,14?,15-/m0/s1. The maximum Gasteiger partial charge on any atom is 0.326 e. The molecule has 1 saturated heterocycles. The van der Waals surface area contributed by atoms with Gasteiger partial charge in [0.2, 0.25) is 11.8 Å². The number of nitrogens with one attached hydrogen (secondary N) is 1. The third-order valence-corrected chi connectivity index (χ3v) is 4.74. The van der Waals surface area contributed by atoms with Gasteiger partial charge in [-0.2, -0.15) is 0 Å². The van der Waals surface area contributed by atoms with E-state index in [1.54, 1.807) is 0 Å². The van der Waals surface area contributed by atoms with E-state index in [0.29, 0.717) is 19.3 Å². The summed E-state index contributed by atoms with van der Waals surface area (Å²) in [6, 6.07) is 6.02. The van der Waals surface area contributed by atoms with E-state index in [0.717, 1.165) is 5.56 Å². The first-order chi connectivity index (χ1) is 13.3. The molecule has 9 heteroatoms. The first kappa shape index (κ1) is 21.4. The molecule has 2 amide bonds. The molecule has 0 aliphatic carbocycles. The van der Waals surface area contributed by atoms with E-state index in [9.17, 15) is 24.3 Å². The van der Waals surface area contributed by atoms with Crippen LogP contribution in [0.3, 0.4) is 0 Å². The summed E-state index contributed by atoms with van der Waals surface area (Å²) in [6.07, 6.45) is 1.16. The Morgan fingerprint density at radius 3 is 2.46 bits per heavy atom. The van der Waals surface area contributed by atoms with Crippen LogP contribution in [-0.2, 0) is 25.6 Å². The van der Waals surface area contributed by atoms with Gasteiger partial charge in [0.05, 0.1) is 12.5 Å². The number of carboxylic acid groups (broad SMARTS) is 2. The fraction of sp³-hybridized carbons (Fsp3) is 0.474. The lowest BCUT2D eigenvalue weighted by atomic mass is 10.0. The minimum absolute atomic E-state index is 0.196. The van der Waals surface area contributed by atoms with Crippen LogP contribution in [0.25, 0.3) is 0 Å². The lowest BCUT2D eigenvalue weighted by Gasteiger charge is -2.25. The van der Waals surface area contributed by atoms with Gasteiger partial charge in [-0.1, -0.05) is 30.3 Å². The van der Waals surface area contributed by atoms with Gasteiger partial charge < -0.3 is 26.2 Å². The molecule has 5 N–H and O–H groups in total. The predicted octanol–water partition coefficient (Wildman–Crippen LogP) is -0.0184. The van der Waals surface area contributed by atoms with Crippen molar-refractivity contribution in [1.82, 2.24) is 10.2 Å². The van der Waals surface area contributed by atoms with Crippen LogP contribution < -0.4 is 11.1 Å². The molecular weight excluding hydrogens is 366 g/mol. The molecule has 1 aromatic rings. The maximum absolute atomic E-state index is 12.4. The number of nitrogens with two attached hydrogens (primary N) is 1. The molecule has 1 unspecified atom stereocenters. The molecule has 152 valence electrons. The highest BCUT2D eigenvalue weighted by Gasteiger charge is 2.36. The molecule has 9 nitrogen and oxygen atoms in total. The minimum atomic E-state index is -1.22. The maximum atomic E-state index is 12.4. The van der Waals surface area contributed by atoms with E-state index in [4.69, 9.17) is 10.8 Å². The SMILES string of the molecule is N[C@@H](CC(=O)NC(CCc1ccccc1)C(=O)O)C(=O)N1CCC[C@H]1C(=O)O. The quantitative estimate of drug-likeness (QED) is 0.462. The molecule has 0 radical (unpaired) electrons. The van der Waals surface area contributed by atoms with E-state index >= 15 is 0 Å². The zero-order chi connectivity index (χ0) is 20.7. The molecule has 1 fully saturated rings. The van der Waals surface area contributed by atoms with Crippen molar-refractivity contribution in [2.45, 2.75) is 50.2 Å². The van der Waals surface area contributed by atoms with E-state index < -0.39 is 48.3 Å². The summed E-state index contributed by atoms with van der Waals surface area (Å²) >= 11 is 0. The van der Waals surface area contributed by atoms with Gasteiger partial charge in [-0.15, -0.1) is 0 Å². The smallest absolute Gasteiger partial charge is 0.326 e. The first-order valence-corrected chi connectivity index (χ1v) is 9.14. The first-order valence-electron chi connectivity index (χ1n) is 9.14. The van der Waals surface area contributed by atoms with E-state index in [1.165, 1.54) is 4.90 Å². The van der Waals surface area contributed by atoms with E-state index in [-0.39, 0.29) is 13.0 Å². The lowest BCUT2D eigenvalue weighted by Crippen LogP contribution is -2.51. The molecule has 1 aliphatic heterocycles. The van der Waals surface area contributed by atoms with Gasteiger partial charge in [0.1, 0.15) is 12.1 Å². The Kier molecular flexibility index (Phi) is 7.51. The number of nitrogens with zero attached hydrogens (tertiary/aromatic N) is 1. The third kappa shape index (κ3) is 5.78. The Balaban J connectivity index is 1.88. The van der Waals surface area contributed by atoms with Crippen molar-refractivity contribution < 1.29 is 29.4 Å². The van der Waals surface area contributed by atoms with Gasteiger partial charge in [0, 0.05) is 6.54 Å². The monoisotopic (exact) mass is 391 g/mol. The zero-order valence-corrected chi connectivity index (χ0v) is 15.4. The summed E-state index contributed by atoms with van der Waals surface area (Å²) in [5, 5.41) is 20.9. The van der Waals surface area contributed by atoms with Crippen molar-refractivity contribution in [1.29, 1.82) is 0 Å². The Bertz CT molecular complexity index is 724. The van der Waals surface area contributed by atoms with Crippen LogP contribution in [0.15, 0.2) is 30.3 Å². The number of hydrogen-bond donors (Lipinski definition) is 4. The van der Waals surface area contributed by atoms with Gasteiger partial charge in [0.25, 0.3) is 0 Å². The molecule has 1 heterocycles. The molecule has 28 heavy (non-hydrogen) atoms. The highest BCUT2D eigenvalue weighted by Crippen LogP contribution is 2.18. The number of carbonyl (C=O) groups is 4. The predicted molar refractivity (Wildman–Crippen MR) is 99.3 cm³/mol. The molecule has 1 aliphatic rings. The van der Waals surface area contributed by atoms with Crippen LogP contribution in [-0.4, -0.2) is 63.5 Å².